The van der Waals surface area contributed by atoms with Crippen molar-refractivity contribution in [2.75, 3.05) is 19.6 Å². The van der Waals surface area contributed by atoms with Gasteiger partial charge < -0.3 is 9.84 Å². The molecule has 0 amide bonds. The molecular weight excluding hydrogens is 276 g/mol. The lowest BCUT2D eigenvalue weighted by Gasteiger charge is -2.32. The van der Waals surface area contributed by atoms with Crippen molar-refractivity contribution in [1.29, 1.82) is 0 Å². The summed E-state index contributed by atoms with van der Waals surface area (Å²) in [6.45, 7) is 5.98. The predicted octanol–water partition coefficient (Wildman–Crippen LogP) is 1.95. The summed E-state index contributed by atoms with van der Waals surface area (Å²) in [6, 6.07) is 10.4. The van der Waals surface area contributed by atoms with Crippen LogP contribution in [-0.4, -0.2) is 40.7 Å². The van der Waals surface area contributed by atoms with Crippen molar-refractivity contribution < 1.29 is 4.52 Å². The fourth-order valence-corrected chi connectivity index (χ4v) is 2.32. The van der Waals surface area contributed by atoms with Gasteiger partial charge in [0.05, 0.1) is 6.54 Å². The molecule has 1 fully saturated rings. The zero-order valence-corrected chi connectivity index (χ0v) is 12.3. The van der Waals surface area contributed by atoms with Crippen LogP contribution in [0.25, 0.3) is 11.4 Å². The highest BCUT2D eigenvalue weighted by atomic mass is 35.5. The minimum atomic E-state index is 0. The van der Waals surface area contributed by atoms with Crippen LogP contribution < -0.4 is 5.32 Å². The van der Waals surface area contributed by atoms with Crippen molar-refractivity contribution in [3.8, 4) is 11.4 Å². The highest BCUT2D eigenvalue weighted by Crippen LogP contribution is 2.16. The lowest BCUT2D eigenvalue weighted by molar-refractivity contribution is 0.146. The van der Waals surface area contributed by atoms with Crippen molar-refractivity contribution in [1.82, 2.24) is 20.4 Å². The molecule has 1 aromatic carbocycles. The molecule has 1 aliphatic rings. The molecule has 1 aromatic heterocycles. The number of hydrogen-bond acceptors (Lipinski definition) is 5. The molecule has 2 heterocycles. The third kappa shape index (κ3) is 3.36. The van der Waals surface area contributed by atoms with Gasteiger partial charge in [-0.05, 0) is 6.92 Å². The second kappa shape index (κ2) is 6.83. The molecule has 1 atom stereocenters. The summed E-state index contributed by atoms with van der Waals surface area (Å²) in [6.07, 6.45) is 0. The lowest BCUT2D eigenvalue weighted by Crippen LogP contribution is -2.49. The maximum absolute atomic E-state index is 5.35. The first-order valence-electron chi connectivity index (χ1n) is 6.66. The maximum atomic E-state index is 5.35. The van der Waals surface area contributed by atoms with Gasteiger partial charge in [-0.2, -0.15) is 4.98 Å². The highest BCUT2D eigenvalue weighted by molar-refractivity contribution is 5.85. The van der Waals surface area contributed by atoms with Crippen LogP contribution in [0.2, 0.25) is 0 Å². The summed E-state index contributed by atoms with van der Waals surface area (Å²) in [5.74, 6) is 1.35. The molecule has 1 saturated heterocycles. The van der Waals surface area contributed by atoms with E-state index < -0.39 is 0 Å². The number of nitrogens with zero attached hydrogens (tertiary/aromatic N) is 3. The molecular formula is C14H19ClN4O. The number of halogens is 1. The number of benzene rings is 1. The van der Waals surface area contributed by atoms with Crippen molar-refractivity contribution in [2.24, 2.45) is 0 Å². The van der Waals surface area contributed by atoms with E-state index >= 15 is 0 Å². The maximum Gasteiger partial charge on any atom is 0.241 e. The van der Waals surface area contributed by atoms with E-state index in [0.29, 0.717) is 17.8 Å². The molecule has 0 aliphatic carbocycles. The van der Waals surface area contributed by atoms with Crippen LogP contribution in [0.1, 0.15) is 12.8 Å². The topological polar surface area (TPSA) is 54.2 Å². The molecule has 0 unspecified atom stereocenters. The van der Waals surface area contributed by atoms with Gasteiger partial charge in [-0.15, -0.1) is 12.4 Å². The summed E-state index contributed by atoms with van der Waals surface area (Å²) in [5.41, 5.74) is 0.992. The molecule has 0 saturated carbocycles. The van der Waals surface area contributed by atoms with Gasteiger partial charge >= 0.3 is 0 Å². The van der Waals surface area contributed by atoms with Gasteiger partial charge in [-0.25, -0.2) is 0 Å². The van der Waals surface area contributed by atoms with Gasteiger partial charge in [0.2, 0.25) is 11.7 Å². The van der Waals surface area contributed by atoms with Crippen LogP contribution in [-0.2, 0) is 6.54 Å². The molecule has 20 heavy (non-hydrogen) atoms. The summed E-state index contributed by atoms with van der Waals surface area (Å²) < 4.78 is 5.35. The molecule has 5 nitrogen and oxygen atoms in total. The summed E-state index contributed by atoms with van der Waals surface area (Å²) in [4.78, 5) is 6.83. The van der Waals surface area contributed by atoms with Crippen molar-refractivity contribution in [3.63, 3.8) is 0 Å². The Morgan fingerprint density at radius 1 is 1.35 bits per heavy atom. The second-order valence-corrected chi connectivity index (χ2v) is 4.90. The van der Waals surface area contributed by atoms with E-state index in [1.54, 1.807) is 0 Å². The Bertz CT molecular complexity index is 531. The van der Waals surface area contributed by atoms with E-state index in [-0.39, 0.29) is 12.4 Å². The van der Waals surface area contributed by atoms with Crippen molar-refractivity contribution in [3.05, 3.63) is 36.2 Å². The van der Waals surface area contributed by atoms with Gasteiger partial charge in [-0.1, -0.05) is 35.5 Å². The number of nitrogens with one attached hydrogen (secondary N) is 1. The number of hydrogen-bond donors (Lipinski definition) is 1. The number of rotatable bonds is 3. The normalized spacial score (nSPS) is 19.6. The van der Waals surface area contributed by atoms with E-state index in [0.717, 1.165) is 31.7 Å². The molecule has 1 aliphatic heterocycles. The van der Waals surface area contributed by atoms with Crippen LogP contribution >= 0.6 is 12.4 Å². The van der Waals surface area contributed by atoms with E-state index in [4.69, 9.17) is 4.52 Å². The molecule has 108 valence electrons. The summed E-state index contributed by atoms with van der Waals surface area (Å²) in [5, 5.41) is 7.42. The van der Waals surface area contributed by atoms with Gasteiger partial charge in [0.25, 0.3) is 0 Å². The molecule has 0 bridgehead atoms. The van der Waals surface area contributed by atoms with Crippen LogP contribution in [0.15, 0.2) is 34.9 Å². The van der Waals surface area contributed by atoms with Crippen LogP contribution in [0.5, 0.6) is 0 Å². The number of aromatic nitrogens is 2. The first-order chi connectivity index (χ1) is 9.33. The zero-order chi connectivity index (χ0) is 13.1. The Hall–Kier alpha value is -1.43. The summed E-state index contributed by atoms with van der Waals surface area (Å²) in [7, 11) is 0. The largest absolute Gasteiger partial charge is 0.338 e. The monoisotopic (exact) mass is 294 g/mol. The van der Waals surface area contributed by atoms with Crippen LogP contribution in [0.4, 0.5) is 0 Å². The third-order valence-corrected chi connectivity index (χ3v) is 3.48. The van der Waals surface area contributed by atoms with Crippen molar-refractivity contribution >= 4 is 12.4 Å². The fourth-order valence-electron chi connectivity index (χ4n) is 2.32. The zero-order valence-electron chi connectivity index (χ0n) is 11.5. The lowest BCUT2D eigenvalue weighted by atomic mass is 10.2. The SMILES string of the molecule is C[C@@H]1CNCCN1Cc1nc(-c2ccccc2)no1.Cl. The Kier molecular flexibility index (Phi) is 5.11. The van der Waals surface area contributed by atoms with E-state index in [1.165, 1.54) is 0 Å². The van der Waals surface area contributed by atoms with E-state index in [2.05, 4.69) is 27.3 Å². The minimum absolute atomic E-state index is 0. The molecule has 0 radical (unpaired) electrons. The molecule has 3 rings (SSSR count). The molecule has 1 N–H and O–H groups in total. The quantitative estimate of drug-likeness (QED) is 0.938. The standard InChI is InChI=1S/C14H18N4O.ClH/c1-11-9-15-7-8-18(11)10-13-16-14(17-19-13)12-5-3-2-4-6-12;/h2-6,11,15H,7-10H2,1H3;1H/t11-;/m1./s1. The Labute approximate surface area is 124 Å². The minimum Gasteiger partial charge on any atom is -0.338 e. The highest BCUT2D eigenvalue weighted by Gasteiger charge is 2.20. The van der Waals surface area contributed by atoms with Gasteiger partial charge in [-0.3, -0.25) is 4.90 Å². The first-order valence-corrected chi connectivity index (χ1v) is 6.66. The van der Waals surface area contributed by atoms with E-state index in [9.17, 15) is 0 Å². The Morgan fingerprint density at radius 2 is 2.15 bits per heavy atom. The molecule has 2 aromatic rings. The average molecular weight is 295 g/mol. The fraction of sp³-hybridized carbons (Fsp3) is 0.429. The third-order valence-electron chi connectivity index (χ3n) is 3.48. The van der Waals surface area contributed by atoms with Gasteiger partial charge in [0.15, 0.2) is 0 Å². The van der Waals surface area contributed by atoms with E-state index in [1.807, 2.05) is 30.3 Å². The van der Waals surface area contributed by atoms with Gasteiger partial charge in [0.1, 0.15) is 0 Å². The first kappa shape index (κ1) is 15.0. The summed E-state index contributed by atoms with van der Waals surface area (Å²) >= 11 is 0. The molecule has 0 spiro atoms. The second-order valence-electron chi connectivity index (χ2n) is 4.90. The predicted molar refractivity (Wildman–Crippen MR) is 79.7 cm³/mol. The van der Waals surface area contributed by atoms with Gasteiger partial charge in [0, 0.05) is 31.2 Å². The average Bonchev–Trinajstić information content (AvgIpc) is 2.91. The Balaban J connectivity index is 0.00000147. The Morgan fingerprint density at radius 3 is 2.90 bits per heavy atom. The number of piperazine rings is 1. The molecule has 6 heteroatoms. The van der Waals surface area contributed by atoms with Crippen molar-refractivity contribution in [2.45, 2.75) is 19.5 Å². The van der Waals surface area contributed by atoms with Crippen LogP contribution in [0.3, 0.4) is 0 Å². The smallest absolute Gasteiger partial charge is 0.241 e. The van der Waals surface area contributed by atoms with Crippen LogP contribution in [0, 0.1) is 0 Å².